The van der Waals surface area contributed by atoms with Crippen LogP contribution in [0.15, 0.2) is 30.3 Å². The first kappa shape index (κ1) is 7.75. The lowest BCUT2D eigenvalue weighted by atomic mass is 10.3. The number of anilines is 1. The molecule has 2 N–H and O–H groups in total. The minimum Gasteiger partial charge on any atom is -0.311 e. The van der Waals surface area contributed by atoms with E-state index in [-0.39, 0.29) is 6.54 Å². The largest absolute Gasteiger partial charge is 0.311 e. The molecule has 0 bridgehead atoms. The van der Waals surface area contributed by atoms with Gasteiger partial charge in [-0.25, -0.2) is 0 Å². The van der Waals surface area contributed by atoms with E-state index >= 15 is 0 Å². The Bertz CT molecular complexity index is 223. The highest BCUT2D eigenvalue weighted by atomic mass is 16.5. The highest BCUT2D eigenvalue weighted by Crippen LogP contribution is 2.08. The van der Waals surface area contributed by atoms with Gasteiger partial charge in [0.2, 0.25) is 0 Å². The first-order chi connectivity index (χ1) is 5.34. The molecule has 0 aliphatic heterocycles. The molecule has 3 heteroatoms. The van der Waals surface area contributed by atoms with Gasteiger partial charge in [0.25, 0.3) is 0 Å². The van der Waals surface area contributed by atoms with Gasteiger partial charge in [-0.2, -0.15) is 0 Å². The molecule has 0 aliphatic carbocycles. The molecule has 0 saturated heterocycles. The number of para-hydroxylation sites is 1. The van der Waals surface area contributed by atoms with Crippen molar-refractivity contribution in [2.75, 3.05) is 11.6 Å². The fourth-order valence-electron chi connectivity index (χ4n) is 0.792. The number of hydrogen-bond donors (Lipinski definition) is 2. The quantitative estimate of drug-likeness (QED) is 0.507. The van der Waals surface area contributed by atoms with Gasteiger partial charge in [-0.05, 0) is 12.1 Å². The number of nitrogens with zero attached hydrogens (tertiary/aromatic N) is 1. The van der Waals surface area contributed by atoms with E-state index in [0.717, 1.165) is 11.3 Å². The molecule has 0 saturated carbocycles. The molecular formula is C8H10N2O. The van der Waals surface area contributed by atoms with Gasteiger partial charge in [0.05, 0.1) is 12.2 Å². The second-order valence-electron chi connectivity index (χ2n) is 2.12. The number of hydroxylamine groups is 1. The van der Waals surface area contributed by atoms with Gasteiger partial charge in [-0.1, -0.05) is 18.2 Å². The predicted molar refractivity (Wildman–Crippen MR) is 44.4 cm³/mol. The number of hydrogen-bond acceptors (Lipinski definition) is 3. The lowest BCUT2D eigenvalue weighted by Crippen LogP contribution is -2.19. The Morgan fingerprint density at radius 3 is 2.55 bits per heavy atom. The van der Waals surface area contributed by atoms with E-state index in [4.69, 9.17) is 5.41 Å². The Labute approximate surface area is 65.4 Å². The van der Waals surface area contributed by atoms with Crippen LogP contribution < -0.4 is 5.06 Å². The van der Waals surface area contributed by atoms with E-state index in [0.29, 0.717) is 5.69 Å². The summed E-state index contributed by atoms with van der Waals surface area (Å²) < 4.78 is 0. The fourth-order valence-corrected chi connectivity index (χ4v) is 0.792. The second kappa shape index (κ2) is 3.73. The maximum absolute atomic E-state index is 9.20. The zero-order valence-electron chi connectivity index (χ0n) is 6.07. The minimum atomic E-state index is 0.226. The summed E-state index contributed by atoms with van der Waals surface area (Å²) in [4.78, 5) is 0. The third-order valence-corrected chi connectivity index (χ3v) is 1.32. The maximum atomic E-state index is 9.20. The van der Waals surface area contributed by atoms with Gasteiger partial charge in [0.15, 0.2) is 0 Å². The van der Waals surface area contributed by atoms with Crippen molar-refractivity contribution < 1.29 is 5.21 Å². The zero-order chi connectivity index (χ0) is 8.10. The van der Waals surface area contributed by atoms with Gasteiger partial charge >= 0.3 is 0 Å². The summed E-state index contributed by atoms with van der Waals surface area (Å²) in [7, 11) is 0. The monoisotopic (exact) mass is 150 g/mol. The molecule has 0 spiro atoms. The van der Waals surface area contributed by atoms with E-state index in [1.54, 1.807) is 12.1 Å². The van der Waals surface area contributed by atoms with Crippen molar-refractivity contribution in [2.45, 2.75) is 0 Å². The third-order valence-electron chi connectivity index (χ3n) is 1.32. The summed E-state index contributed by atoms with van der Waals surface area (Å²) in [6.45, 7) is 0.226. The molecule has 1 aromatic rings. The van der Waals surface area contributed by atoms with Crippen molar-refractivity contribution >= 4 is 11.9 Å². The Morgan fingerprint density at radius 1 is 1.36 bits per heavy atom. The van der Waals surface area contributed by atoms with Gasteiger partial charge in [0.1, 0.15) is 0 Å². The van der Waals surface area contributed by atoms with Gasteiger partial charge in [-0.15, -0.1) is 0 Å². The molecule has 0 amide bonds. The van der Waals surface area contributed by atoms with E-state index in [9.17, 15) is 5.21 Å². The standard InChI is InChI=1S/C8H10N2O/c9-6-7-10(11)8-4-2-1-3-5-8/h1-6,9,11H,7H2. The first-order valence-electron chi connectivity index (χ1n) is 3.35. The van der Waals surface area contributed by atoms with Crippen molar-refractivity contribution in [3.63, 3.8) is 0 Å². The zero-order valence-corrected chi connectivity index (χ0v) is 6.07. The summed E-state index contributed by atoms with van der Waals surface area (Å²) in [5.74, 6) is 0. The maximum Gasteiger partial charge on any atom is 0.0799 e. The second-order valence-corrected chi connectivity index (χ2v) is 2.12. The topological polar surface area (TPSA) is 47.3 Å². The van der Waals surface area contributed by atoms with Crippen LogP contribution in [0.5, 0.6) is 0 Å². The molecule has 3 nitrogen and oxygen atoms in total. The average Bonchev–Trinajstić information content (AvgIpc) is 2.07. The summed E-state index contributed by atoms with van der Waals surface area (Å²) in [5.41, 5.74) is 0.705. The molecule has 1 aromatic carbocycles. The molecule has 0 unspecified atom stereocenters. The summed E-state index contributed by atoms with van der Waals surface area (Å²) in [5, 5.41) is 17.0. The van der Waals surface area contributed by atoms with E-state index < -0.39 is 0 Å². The highest BCUT2D eigenvalue weighted by Gasteiger charge is 1.96. The first-order valence-corrected chi connectivity index (χ1v) is 3.35. The smallest absolute Gasteiger partial charge is 0.0799 e. The van der Waals surface area contributed by atoms with E-state index in [1.807, 2.05) is 18.2 Å². The van der Waals surface area contributed by atoms with Crippen molar-refractivity contribution in [3.8, 4) is 0 Å². The van der Waals surface area contributed by atoms with Crippen LogP contribution in [0, 0.1) is 5.41 Å². The molecule has 0 aliphatic rings. The third kappa shape index (κ3) is 2.05. The van der Waals surface area contributed by atoms with E-state index in [1.165, 1.54) is 0 Å². The molecular weight excluding hydrogens is 140 g/mol. The molecule has 0 atom stereocenters. The van der Waals surface area contributed by atoms with Crippen LogP contribution in [0.4, 0.5) is 5.69 Å². The Hall–Kier alpha value is -1.35. The highest BCUT2D eigenvalue weighted by molar-refractivity contribution is 5.61. The van der Waals surface area contributed by atoms with Gasteiger partial charge in [-0.3, -0.25) is 10.3 Å². The fraction of sp³-hybridized carbons (Fsp3) is 0.125. The Morgan fingerprint density at radius 2 is 2.00 bits per heavy atom. The van der Waals surface area contributed by atoms with Crippen molar-refractivity contribution in [1.29, 1.82) is 5.41 Å². The van der Waals surface area contributed by atoms with Crippen molar-refractivity contribution in [3.05, 3.63) is 30.3 Å². The average molecular weight is 150 g/mol. The molecule has 11 heavy (non-hydrogen) atoms. The summed E-state index contributed by atoms with van der Waals surface area (Å²) in [6, 6.07) is 9.11. The van der Waals surface area contributed by atoms with Gasteiger partial charge < -0.3 is 5.41 Å². The van der Waals surface area contributed by atoms with Crippen LogP contribution >= 0.6 is 0 Å². The van der Waals surface area contributed by atoms with Crippen LogP contribution in [0.2, 0.25) is 0 Å². The van der Waals surface area contributed by atoms with Crippen LogP contribution in [0.25, 0.3) is 0 Å². The molecule has 0 heterocycles. The van der Waals surface area contributed by atoms with Crippen LogP contribution in [0.3, 0.4) is 0 Å². The normalized spacial score (nSPS) is 9.18. The molecule has 1 rings (SSSR count). The molecule has 58 valence electrons. The lowest BCUT2D eigenvalue weighted by molar-refractivity contribution is 0.270. The molecule has 0 fully saturated rings. The van der Waals surface area contributed by atoms with Crippen LogP contribution in [-0.2, 0) is 0 Å². The number of benzene rings is 1. The summed E-state index contributed by atoms with van der Waals surface area (Å²) >= 11 is 0. The SMILES string of the molecule is N=CCN(O)c1ccccc1. The Balaban J connectivity index is 2.68. The lowest BCUT2D eigenvalue weighted by Gasteiger charge is -2.12. The summed E-state index contributed by atoms with van der Waals surface area (Å²) in [6.07, 6.45) is 1.15. The van der Waals surface area contributed by atoms with Crippen molar-refractivity contribution in [2.24, 2.45) is 0 Å². The van der Waals surface area contributed by atoms with E-state index in [2.05, 4.69) is 0 Å². The molecule has 0 aromatic heterocycles. The minimum absolute atomic E-state index is 0.226. The van der Waals surface area contributed by atoms with Crippen LogP contribution in [-0.4, -0.2) is 18.0 Å². The van der Waals surface area contributed by atoms with Crippen LogP contribution in [0.1, 0.15) is 0 Å². The predicted octanol–water partition coefficient (Wildman–Crippen LogP) is 1.53. The van der Waals surface area contributed by atoms with Crippen molar-refractivity contribution in [1.82, 2.24) is 0 Å². The number of rotatable bonds is 3. The molecule has 0 radical (unpaired) electrons. The van der Waals surface area contributed by atoms with Gasteiger partial charge in [0, 0.05) is 6.21 Å². The Kier molecular flexibility index (Phi) is 2.63. The number of nitrogens with one attached hydrogen (secondary N) is 1.